The van der Waals surface area contributed by atoms with Crippen LogP contribution in [0.4, 0.5) is 5.69 Å². The van der Waals surface area contributed by atoms with Crippen LogP contribution in [-0.2, 0) is 20.9 Å². The third-order valence-corrected chi connectivity index (χ3v) is 7.79. The lowest BCUT2D eigenvalue weighted by molar-refractivity contribution is -0.136. The minimum Gasteiger partial charge on any atom is -0.494 e. The Morgan fingerprint density at radius 1 is 1.10 bits per heavy atom. The molecule has 1 atom stereocenters. The molecule has 39 heavy (non-hydrogen) atoms. The Morgan fingerprint density at radius 3 is 2.44 bits per heavy atom. The lowest BCUT2D eigenvalue weighted by atomic mass is 10.1. The summed E-state index contributed by atoms with van der Waals surface area (Å²) in [7, 11) is 0. The number of anilines is 1. The Hall–Kier alpha value is -4.16. The van der Waals surface area contributed by atoms with Crippen molar-refractivity contribution in [2.24, 2.45) is 0 Å². The van der Waals surface area contributed by atoms with E-state index in [1.807, 2.05) is 58.0 Å². The normalized spacial score (nSPS) is 14.8. The van der Waals surface area contributed by atoms with Crippen molar-refractivity contribution in [3.8, 4) is 11.8 Å². The smallest absolute Gasteiger partial charge is 0.257 e. The Bertz CT molecular complexity index is 1430. The third kappa shape index (κ3) is 5.96. The zero-order valence-electron chi connectivity index (χ0n) is 22.4. The molecule has 0 saturated carbocycles. The van der Waals surface area contributed by atoms with Gasteiger partial charge in [0, 0.05) is 12.2 Å². The van der Waals surface area contributed by atoms with Gasteiger partial charge in [0.25, 0.3) is 5.91 Å². The molecule has 0 N–H and O–H groups in total. The molecule has 1 unspecified atom stereocenters. The van der Waals surface area contributed by atoms with Gasteiger partial charge in [0.05, 0.1) is 30.0 Å². The van der Waals surface area contributed by atoms with Crippen LogP contribution in [0.15, 0.2) is 59.6 Å². The number of hydrogen-bond donors (Lipinski definition) is 0. The number of carbonyl (C=O) groups excluding carboxylic acids is 3. The molecule has 200 valence electrons. The predicted molar refractivity (Wildman–Crippen MR) is 149 cm³/mol. The SMILES string of the molecule is CCOc1ccc(N2C(=O)CC(N(Cc3ccccc3)C(=O)CSc3nc(C)c(C)c(C)c3C#N)C2=O)cc1. The van der Waals surface area contributed by atoms with E-state index in [0.29, 0.717) is 28.6 Å². The molecule has 3 aromatic rings. The fraction of sp³-hybridized carbons (Fsp3) is 0.300. The van der Waals surface area contributed by atoms with Crippen molar-refractivity contribution < 1.29 is 19.1 Å². The molecular weight excluding hydrogens is 512 g/mol. The van der Waals surface area contributed by atoms with Crippen LogP contribution in [0, 0.1) is 32.1 Å². The Morgan fingerprint density at radius 2 is 1.79 bits per heavy atom. The molecule has 1 saturated heterocycles. The molecule has 0 radical (unpaired) electrons. The summed E-state index contributed by atoms with van der Waals surface area (Å²) in [5.41, 5.74) is 4.30. The van der Waals surface area contributed by atoms with E-state index in [4.69, 9.17) is 4.74 Å². The molecule has 1 aliphatic heterocycles. The molecule has 8 nitrogen and oxygen atoms in total. The maximum atomic E-state index is 13.7. The first-order valence-corrected chi connectivity index (χ1v) is 13.7. The van der Waals surface area contributed by atoms with E-state index in [2.05, 4.69) is 11.1 Å². The molecule has 2 aromatic carbocycles. The summed E-state index contributed by atoms with van der Waals surface area (Å²) in [4.78, 5) is 47.4. The zero-order valence-corrected chi connectivity index (χ0v) is 23.2. The summed E-state index contributed by atoms with van der Waals surface area (Å²) in [6.07, 6.45) is -0.111. The van der Waals surface area contributed by atoms with Crippen LogP contribution in [-0.4, -0.2) is 46.0 Å². The van der Waals surface area contributed by atoms with Gasteiger partial charge in [0.15, 0.2) is 0 Å². The highest BCUT2D eigenvalue weighted by Gasteiger charge is 2.44. The van der Waals surface area contributed by atoms with Gasteiger partial charge in [-0.2, -0.15) is 5.26 Å². The van der Waals surface area contributed by atoms with E-state index in [0.717, 1.165) is 27.3 Å². The average molecular weight is 543 g/mol. The van der Waals surface area contributed by atoms with Gasteiger partial charge in [-0.3, -0.25) is 14.4 Å². The predicted octanol–water partition coefficient (Wildman–Crippen LogP) is 4.73. The lowest BCUT2D eigenvalue weighted by Gasteiger charge is -2.28. The number of nitriles is 1. The second-order valence-corrected chi connectivity index (χ2v) is 10.2. The van der Waals surface area contributed by atoms with Crippen molar-refractivity contribution in [2.45, 2.75) is 51.7 Å². The molecule has 9 heteroatoms. The quantitative estimate of drug-likeness (QED) is 0.284. The average Bonchev–Trinajstić information content (AvgIpc) is 3.23. The van der Waals surface area contributed by atoms with Gasteiger partial charge < -0.3 is 9.64 Å². The highest BCUT2D eigenvalue weighted by Crippen LogP contribution is 2.30. The molecule has 3 amide bonds. The van der Waals surface area contributed by atoms with Crippen LogP contribution >= 0.6 is 11.8 Å². The first-order chi connectivity index (χ1) is 18.7. The van der Waals surface area contributed by atoms with Crippen LogP contribution in [0.25, 0.3) is 0 Å². The Labute approximate surface area is 232 Å². The van der Waals surface area contributed by atoms with Crippen molar-refractivity contribution in [2.75, 3.05) is 17.3 Å². The molecule has 1 aliphatic rings. The lowest BCUT2D eigenvalue weighted by Crippen LogP contribution is -2.45. The summed E-state index contributed by atoms with van der Waals surface area (Å²) in [5.74, 6) is -0.522. The molecule has 1 fully saturated rings. The topological polar surface area (TPSA) is 104 Å². The third-order valence-electron chi connectivity index (χ3n) is 6.83. The van der Waals surface area contributed by atoms with Crippen molar-refractivity contribution in [1.29, 1.82) is 5.26 Å². The number of carbonyl (C=O) groups is 3. The van der Waals surface area contributed by atoms with E-state index >= 15 is 0 Å². The van der Waals surface area contributed by atoms with Crippen LogP contribution in [0.3, 0.4) is 0 Å². The van der Waals surface area contributed by atoms with Crippen molar-refractivity contribution in [1.82, 2.24) is 9.88 Å². The number of rotatable bonds is 9. The second-order valence-electron chi connectivity index (χ2n) is 9.25. The Kier molecular flexibility index (Phi) is 8.67. The number of nitrogens with zero attached hydrogens (tertiary/aromatic N) is 4. The van der Waals surface area contributed by atoms with E-state index in [1.54, 1.807) is 24.3 Å². The molecule has 0 bridgehead atoms. The molecule has 1 aromatic heterocycles. The summed E-state index contributed by atoms with van der Waals surface area (Å²) >= 11 is 1.17. The second kappa shape index (κ2) is 12.1. The van der Waals surface area contributed by atoms with E-state index in [9.17, 15) is 19.6 Å². The van der Waals surface area contributed by atoms with E-state index in [-0.39, 0.29) is 30.5 Å². The zero-order chi connectivity index (χ0) is 28.1. The fourth-order valence-electron chi connectivity index (χ4n) is 4.50. The molecular formula is C30H30N4O4S. The first kappa shape index (κ1) is 27.9. The standard InChI is InChI=1S/C30H30N4O4S/c1-5-38-24-13-11-23(12-14-24)34-27(35)15-26(30(34)37)33(17-22-9-7-6-8-10-22)28(36)18-39-29-25(16-31)20(3)19(2)21(4)32-29/h6-14,26H,5,15,17-18H2,1-4H3. The van der Waals surface area contributed by atoms with Crippen molar-refractivity contribution in [3.63, 3.8) is 0 Å². The molecule has 0 spiro atoms. The minimum absolute atomic E-state index is 0.0303. The van der Waals surface area contributed by atoms with Gasteiger partial charge in [-0.05, 0) is 68.7 Å². The highest BCUT2D eigenvalue weighted by atomic mass is 32.2. The number of pyridine rings is 1. The number of aromatic nitrogens is 1. The summed E-state index contributed by atoms with van der Waals surface area (Å²) in [6.45, 7) is 8.21. The Balaban J connectivity index is 1.60. The largest absolute Gasteiger partial charge is 0.494 e. The minimum atomic E-state index is -0.942. The number of thioether (sulfide) groups is 1. The van der Waals surface area contributed by atoms with Gasteiger partial charge >= 0.3 is 0 Å². The maximum absolute atomic E-state index is 13.7. The maximum Gasteiger partial charge on any atom is 0.257 e. The van der Waals surface area contributed by atoms with Crippen LogP contribution in [0.5, 0.6) is 5.75 Å². The van der Waals surface area contributed by atoms with Crippen LogP contribution in [0.2, 0.25) is 0 Å². The molecule has 2 heterocycles. The van der Waals surface area contributed by atoms with Crippen molar-refractivity contribution >= 4 is 35.2 Å². The first-order valence-electron chi connectivity index (χ1n) is 12.7. The summed E-state index contributed by atoms with van der Waals surface area (Å²) < 4.78 is 5.47. The van der Waals surface area contributed by atoms with Crippen LogP contribution < -0.4 is 9.64 Å². The molecule has 0 aliphatic carbocycles. The monoisotopic (exact) mass is 542 g/mol. The van der Waals surface area contributed by atoms with Gasteiger partial charge in [-0.15, -0.1) is 0 Å². The number of ether oxygens (including phenoxy) is 1. The highest BCUT2D eigenvalue weighted by molar-refractivity contribution is 8.00. The van der Waals surface area contributed by atoms with Gasteiger partial charge in [0.1, 0.15) is 22.9 Å². The van der Waals surface area contributed by atoms with E-state index < -0.39 is 11.9 Å². The number of hydrogen-bond acceptors (Lipinski definition) is 7. The van der Waals surface area contributed by atoms with Gasteiger partial charge in [-0.1, -0.05) is 42.1 Å². The van der Waals surface area contributed by atoms with Gasteiger partial charge in [-0.25, -0.2) is 9.88 Å². The summed E-state index contributed by atoms with van der Waals surface area (Å²) in [5, 5.41) is 10.2. The number of aryl methyl sites for hydroxylation is 1. The fourth-order valence-corrected chi connectivity index (χ4v) is 5.47. The molecule has 4 rings (SSSR count). The summed E-state index contributed by atoms with van der Waals surface area (Å²) in [6, 6.07) is 17.4. The van der Waals surface area contributed by atoms with E-state index in [1.165, 1.54) is 16.7 Å². The number of benzene rings is 2. The number of imide groups is 1. The van der Waals surface area contributed by atoms with Gasteiger partial charge in [0.2, 0.25) is 11.8 Å². The van der Waals surface area contributed by atoms with Crippen molar-refractivity contribution in [3.05, 3.63) is 82.5 Å². The van der Waals surface area contributed by atoms with Crippen LogP contribution in [0.1, 0.15) is 41.3 Å². The number of amides is 3.